The second-order valence-electron chi connectivity index (χ2n) is 25.2. The number of carbonyl (C=O) groups is 2. The van der Waals surface area contributed by atoms with E-state index in [4.69, 9.17) is 18.5 Å². The molecule has 84 heavy (non-hydrogen) atoms. The fraction of sp³-hybridized carbons (Fsp3) is 0.811. The monoisotopic (exact) mass is 1200 g/mol. The molecule has 0 aromatic carbocycles. The first-order chi connectivity index (χ1) is 41.0. The largest absolute Gasteiger partial charge is 0.756 e. The number of hydrogen-bond acceptors (Lipinski definition) is 8. The Morgan fingerprint density at radius 2 is 0.679 bits per heavy atom. The summed E-state index contributed by atoms with van der Waals surface area (Å²) in [6.07, 6.45) is 87.1. The predicted molar refractivity (Wildman–Crippen MR) is 360 cm³/mol. The Morgan fingerprint density at radius 3 is 1.02 bits per heavy atom. The van der Waals surface area contributed by atoms with Crippen LogP contribution in [0.2, 0.25) is 0 Å². The second-order valence-corrected chi connectivity index (χ2v) is 26.6. The molecule has 0 spiro atoms. The van der Waals surface area contributed by atoms with Crippen LogP contribution in [0.5, 0.6) is 0 Å². The third-order valence-corrected chi connectivity index (χ3v) is 16.7. The van der Waals surface area contributed by atoms with E-state index in [1.54, 1.807) is 0 Å². The molecular weight excluding hydrogens is 1060 g/mol. The summed E-state index contributed by atoms with van der Waals surface area (Å²) in [7, 11) is 1.17. The number of phosphoric acid groups is 1. The van der Waals surface area contributed by atoms with Crippen molar-refractivity contribution in [2.45, 2.75) is 341 Å². The van der Waals surface area contributed by atoms with Gasteiger partial charge in [0.2, 0.25) is 0 Å². The Hall–Kier alpha value is -2.55. The van der Waals surface area contributed by atoms with Gasteiger partial charge in [-0.05, 0) is 83.5 Å². The molecule has 0 saturated heterocycles. The number of likely N-dealkylation sites (N-methyl/N-ethyl adjacent to an activating group) is 1. The maximum atomic E-state index is 12.9. The molecule has 2 atom stereocenters. The van der Waals surface area contributed by atoms with Crippen molar-refractivity contribution in [2.75, 3.05) is 47.5 Å². The molecule has 490 valence electrons. The van der Waals surface area contributed by atoms with Crippen LogP contribution in [0, 0.1) is 0 Å². The summed E-state index contributed by atoms with van der Waals surface area (Å²) < 4.78 is 34.3. The molecule has 0 bridgehead atoms. The third kappa shape index (κ3) is 68.6. The summed E-state index contributed by atoms with van der Waals surface area (Å²) in [4.78, 5) is 38.1. The molecule has 0 saturated carbocycles. The van der Waals surface area contributed by atoms with Gasteiger partial charge in [-0.15, -0.1) is 0 Å². The molecule has 0 aromatic heterocycles. The molecule has 0 radical (unpaired) electrons. The topological polar surface area (TPSA) is 111 Å². The van der Waals surface area contributed by atoms with Crippen LogP contribution >= 0.6 is 7.82 Å². The first-order valence-electron chi connectivity index (χ1n) is 35.6. The van der Waals surface area contributed by atoms with Crippen LogP contribution in [-0.4, -0.2) is 70.0 Å². The number of esters is 2. The minimum absolute atomic E-state index is 0.0332. The fourth-order valence-electron chi connectivity index (χ4n) is 10.3. The molecule has 9 nitrogen and oxygen atoms in total. The van der Waals surface area contributed by atoms with E-state index in [0.717, 1.165) is 77.0 Å². The van der Waals surface area contributed by atoms with E-state index in [1.807, 2.05) is 21.1 Å². The van der Waals surface area contributed by atoms with Gasteiger partial charge in [-0.3, -0.25) is 14.2 Å². The second kappa shape index (κ2) is 64.9. The number of quaternary nitrogens is 1. The molecule has 0 fully saturated rings. The third-order valence-electron chi connectivity index (χ3n) is 15.7. The van der Waals surface area contributed by atoms with Crippen LogP contribution in [0.1, 0.15) is 335 Å². The van der Waals surface area contributed by atoms with Crippen molar-refractivity contribution in [2.24, 2.45) is 0 Å². The van der Waals surface area contributed by atoms with Crippen molar-refractivity contribution in [1.29, 1.82) is 0 Å². The Bertz CT molecular complexity index is 1650. The Kier molecular flexibility index (Phi) is 62.9. The Morgan fingerprint density at radius 1 is 0.381 bits per heavy atom. The average Bonchev–Trinajstić information content (AvgIpc) is 3.60. The number of rotatable bonds is 66. The molecule has 2 unspecified atom stereocenters. The van der Waals surface area contributed by atoms with E-state index >= 15 is 0 Å². The van der Waals surface area contributed by atoms with Crippen molar-refractivity contribution in [1.82, 2.24) is 0 Å². The van der Waals surface area contributed by atoms with Gasteiger partial charge in [0.05, 0.1) is 27.7 Å². The van der Waals surface area contributed by atoms with Crippen LogP contribution in [0.3, 0.4) is 0 Å². The zero-order chi connectivity index (χ0) is 61.2. The van der Waals surface area contributed by atoms with Gasteiger partial charge in [0.25, 0.3) is 7.82 Å². The van der Waals surface area contributed by atoms with E-state index < -0.39 is 26.5 Å². The van der Waals surface area contributed by atoms with Gasteiger partial charge >= 0.3 is 11.9 Å². The molecule has 0 aliphatic rings. The molecule has 0 aliphatic carbocycles. The van der Waals surface area contributed by atoms with E-state index in [-0.39, 0.29) is 32.0 Å². The minimum atomic E-state index is -4.65. The Balaban J connectivity index is 3.99. The fourth-order valence-corrected chi connectivity index (χ4v) is 11.0. The molecule has 0 aliphatic heterocycles. The van der Waals surface area contributed by atoms with E-state index in [0.29, 0.717) is 17.4 Å². The van der Waals surface area contributed by atoms with Gasteiger partial charge in [0.15, 0.2) is 6.10 Å². The smallest absolute Gasteiger partial charge is 0.306 e. The standard InChI is InChI=1S/C74H136NO8P/c1-6-8-10-12-14-16-18-20-22-24-26-28-30-32-33-34-35-36-37-38-39-40-41-43-44-46-48-50-52-54-56-58-60-62-64-66-73(76)80-70-72(71-82-84(78,79)81-69-68-75(3,4)5)83-74(77)67-65-63-61-59-57-55-53-51-49-47-45-42-31-29-27-25-23-21-19-17-15-13-11-9-7-2/h9,11,15,17,21,23-24,26-27,29,42,45,72H,6-8,10,12-14,16,18-20,22,25,28,30-41,43-44,46-71H2,1-5H3/b11-9-,17-15-,23-21-,26-24-,29-27-,45-42-. The van der Waals surface area contributed by atoms with Crippen LogP contribution < -0.4 is 4.89 Å². The number of phosphoric ester groups is 1. The zero-order valence-corrected chi connectivity index (χ0v) is 56.7. The summed E-state index contributed by atoms with van der Waals surface area (Å²) in [6.45, 7) is 4.16. The van der Waals surface area contributed by atoms with E-state index in [2.05, 4.69) is 86.8 Å². The first-order valence-corrected chi connectivity index (χ1v) is 37.1. The zero-order valence-electron chi connectivity index (χ0n) is 55.8. The van der Waals surface area contributed by atoms with Gasteiger partial charge in [-0.1, -0.05) is 311 Å². The number of unbranched alkanes of at least 4 members (excludes halogenated alkanes) is 40. The number of nitrogens with zero attached hydrogens (tertiary/aromatic N) is 1. The van der Waals surface area contributed by atoms with Gasteiger partial charge < -0.3 is 27.9 Å². The molecular formula is C74H136NO8P. The van der Waals surface area contributed by atoms with E-state index in [9.17, 15) is 19.0 Å². The van der Waals surface area contributed by atoms with Gasteiger partial charge in [-0.25, -0.2) is 0 Å². The summed E-state index contributed by atoms with van der Waals surface area (Å²) in [5, 5.41) is 0. The Labute approximate surface area is 520 Å². The maximum absolute atomic E-state index is 12.9. The van der Waals surface area contributed by atoms with Crippen molar-refractivity contribution >= 4 is 19.8 Å². The highest BCUT2D eigenvalue weighted by Crippen LogP contribution is 2.38. The lowest BCUT2D eigenvalue weighted by Crippen LogP contribution is -2.37. The van der Waals surface area contributed by atoms with Gasteiger partial charge in [0.1, 0.15) is 19.8 Å². The average molecular weight is 1200 g/mol. The van der Waals surface area contributed by atoms with Crippen molar-refractivity contribution in [3.05, 3.63) is 72.9 Å². The highest BCUT2D eigenvalue weighted by atomic mass is 31.2. The van der Waals surface area contributed by atoms with Crippen molar-refractivity contribution < 1.29 is 42.1 Å². The summed E-state index contributed by atoms with van der Waals surface area (Å²) in [5.41, 5.74) is 0. The lowest BCUT2D eigenvalue weighted by atomic mass is 10.0. The number of ether oxygens (including phenoxy) is 2. The number of allylic oxidation sites excluding steroid dienone is 12. The minimum Gasteiger partial charge on any atom is -0.756 e. The van der Waals surface area contributed by atoms with Crippen LogP contribution in [0.25, 0.3) is 0 Å². The van der Waals surface area contributed by atoms with Crippen LogP contribution in [0.15, 0.2) is 72.9 Å². The number of hydrogen-bond donors (Lipinski definition) is 0. The quantitative estimate of drug-likeness (QED) is 0.0195. The normalized spacial score (nSPS) is 13.5. The molecule has 0 aromatic rings. The van der Waals surface area contributed by atoms with Crippen molar-refractivity contribution in [3.63, 3.8) is 0 Å². The van der Waals surface area contributed by atoms with Crippen LogP contribution in [-0.2, 0) is 32.7 Å². The van der Waals surface area contributed by atoms with Gasteiger partial charge in [0, 0.05) is 12.8 Å². The summed E-state index contributed by atoms with van der Waals surface area (Å²) in [5.74, 6) is -0.829. The molecule has 0 heterocycles. The predicted octanol–water partition coefficient (Wildman–Crippen LogP) is 22.5. The van der Waals surface area contributed by atoms with Gasteiger partial charge in [-0.2, -0.15) is 0 Å². The number of carbonyl (C=O) groups excluding carboxylic acids is 2. The highest BCUT2D eigenvalue weighted by Gasteiger charge is 2.22. The van der Waals surface area contributed by atoms with E-state index in [1.165, 1.54) is 225 Å². The first kappa shape index (κ1) is 81.5. The lowest BCUT2D eigenvalue weighted by molar-refractivity contribution is -0.870. The van der Waals surface area contributed by atoms with Crippen molar-refractivity contribution in [3.8, 4) is 0 Å². The van der Waals surface area contributed by atoms with Crippen LogP contribution in [0.4, 0.5) is 0 Å². The molecule has 0 amide bonds. The molecule has 0 N–H and O–H groups in total. The maximum Gasteiger partial charge on any atom is 0.306 e. The summed E-state index contributed by atoms with van der Waals surface area (Å²) in [6, 6.07) is 0. The summed E-state index contributed by atoms with van der Waals surface area (Å²) >= 11 is 0. The molecule has 10 heteroatoms. The highest BCUT2D eigenvalue weighted by molar-refractivity contribution is 7.45. The SMILES string of the molecule is CC/C=C\C/C=C\C/C=C\C/C=C\C/C=C\CCCCCCCCCCCC(=O)OC(COC(=O)CCCCCCCCCCCCCCCCCCCCCCCCC/C=C\CCCCCCCCCC)COP(=O)([O-])OCC[N+](C)(C)C. The molecule has 0 rings (SSSR count). The lowest BCUT2D eigenvalue weighted by Gasteiger charge is -2.28.